The summed E-state index contributed by atoms with van der Waals surface area (Å²) in [4.78, 5) is 22.4. The Morgan fingerprint density at radius 3 is 2.08 bits per heavy atom. The number of carbonyl (C=O) groups is 2. The summed E-state index contributed by atoms with van der Waals surface area (Å²) in [6.45, 7) is 0.425. The molecule has 0 atom stereocenters. The number of hydrogen-bond donors (Lipinski definition) is 2. The standard InChI is InChI=1S/C19H18F3NO3/c20-15-10-14(11-16(21)18(15)22)12-5-7-13(8-6-12)19(26)23-9-3-1-2-4-17(24)25/h5-8,10-11H,1-4,9H2,(H,23,26)(H,24,25). The summed E-state index contributed by atoms with van der Waals surface area (Å²) in [6, 6.07) is 7.85. The highest BCUT2D eigenvalue weighted by Gasteiger charge is 2.12. The highest BCUT2D eigenvalue weighted by molar-refractivity contribution is 5.94. The number of amides is 1. The number of nitrogens with one attached hydrogen (secondary N) is 1. The average Bonchev–Trinajstić information content (AvgIpc) is 2.62. The first kappa shape index (κ1) is 19.5. The largest absolute Gasteiger partial charge is 0.481 e. The first-order valence-corrected chi connectivity index (χ1v) is 8.13. The lowest BCUT2D eigenvalue weighted by Gasteiger charge is -2.07. The van der Waals surface area contributed by atoms with Crippen molar-refractivity contribution >= 4 is 11.9 Å². The third-order valence-electron chi connectivity index (χ3n) is 3.82. The van der Waals surface area contributed by atoms with Crippen LogP contribution >= 0.6 is 0 Å². The molecule has 2 aromatic carbocycles. The van der Waals surface area contributed by atoms with Crippen LogP contribution < -0.4 is 5.32 Å². The fraction of sp³-hybridized carbons (Fsp3) is 0.263. The van der Waals surface area contributed by atoms with Gasteiger partial charge in [-0.2, -0.15) is 0 Å². The summed E-state index contributed by atoms with van der Waals surface area (Å²) in [5.41, 5.74) is 1.00. The van der Waals surface area contributed by atoms with Crippen molar-refractivity contribution in [3.8, 4) is 11.1 Å². The minimum absolute atomic E-state index is 0.111. The van der Waals surface area contributed by atoms with E-state index in [1.807, 2.05) is 0 Å². The van der Waals surface area contributed by atoms with E-state index >= 15 is 0 Å². The van der Waals surface area contributed by atoms with Crippen LogP contribution in [0.4, 0.5) is 13.2 Å². The molecular formula is C19H18F3NO3. The van der Waals surface area contributed by atoms with E-state index in [9.17, 15) is 22.8 Å². The minimum Gasteiger partial charge on any atom is -0.481 e. The Hall–Kier alpha value is -2.83. The summed E-state index contributed by atoms with van der Waals surface area (Å²) < 4.78 is 39.6. The van der Waals surface area contributed by atoms with Gasteiger partial charge in [0, 0.05) is 18.5 Å². The van der Waals surface area contributed by atoms with Crippen molar-refractivity contribution in [3.05, 3.63) is 59.4 Å². The normalized spacial score (nSPS) is 10.6. The number of rotatable bonds is 8. The number of benzene rings is 2. The van der Waals surface area contributed by atoms with E-state index in [0.717, 1.165) is 12.1 Å². The third-order valence-corrected chi connectivity index (χ3v) is 3.82. The zero-order chi connectivity index (χ0) is 19.1. The van der Waals surface area contributed by atoms with Gasteiger partial charge in [-0.1, -0.05) is 18.6 Å². The maximum atomic E-state index is 13.3. The molecule has 7 heteroatoms. The molecule has 0 bridgehead atoms. The Morgan fingerprint density at radius 1 is 0.885 bits per heavy atom. The molecule has 2 N–H and O–H groups in total. The van der Waals surface area contributed by atoms with Gasteiger partial charge >= 0.3 is 5.97 Å². The maximum Gasteiger partial charge on any atom is 0.303 e. The van der Waals surface area contributed by atoms with Gasteiger partial charge in [-0.05, 0) is 48.2 Å². The molecule has 0 aliphatic rings. The van der Waals surface area contributed by atoms with Crippen molar-refractivity contribution in [2.45, 2.75) is 25.7 Å². The molecule has 0 aromatic heterocycles. The zero-order valence-electron chi connectivity index (χ0n) is 13.9. The number of hydrogen-bond acceptors (Lipinski definition) is 2. The Morgan fingerprint density at radius 2 is 1.50 bits per heavy atom. The molecule has 0 aliphatic heterocycles. The van der Waals surface area contributed by atoms with Crippen LogP contribution in [0, 0.1) is 17.5 Å². The van der Waals surface area contributed by atoms with Crippen LogP contribution in [0.2, 0.25) is 0 Å². The van der Waals surface area contributed by atoms with Gasteiger partial charge in [0.25, 0.3) is 5.91 Å². The molecule has 1 amide bonds. The van der Waals surface area contributed by atoms with E-state index in [1.54, 1.807) is 0 Å². The van der Waals surface area contributed by atoms with Crippen molar-refractivity contribution in [2.75, 3.05) is 6.54 Å². The van der Waals surface area contributed by atoms with Gasteiger partial charge in [-0.25, -0.2) is 13.2 Å². The number of halogens is 3. The molecule has 26 heavy (non-hydrogen) atoms. The third kappa shape index (κ3) is 5.34. The molecule has 138 valence electrons. The Kier molecular flexibility index (Phi) is 6.77. The van der Waals surface area contributed by atoms with Gasteiger partial charge in [-0.15, -0.1) is 0 Å². The van der Waals surface area contributed by atoms with Crippen LogP contribution in [0.5, 0.6) is 0 Å². The molecule has 0 heterocycles. The second-order valence-corrected chi connectivity index (χ2v) is 5.79. The Bertz CT molecular complexity index is 768. The summed E-state index contributed by atoms with van der Waals surface area (Å²) in [7, 11) is 0. The van der Waals surface area contributed by atoms with Gasteiger partial charge in [0.05, 0.1) is 0 Å². The van der Waals surface area contributed by atoms with Crippen molar-refractivity contribution in [2.24, 2.45) is 0 Å². The highest BCUT2D eigenvalue weighted by Crippen LogP contribution is 2.24. The second-order valence-electron chi connectivity index (χ2n) is 5.79. The quantitative estimate of drug-likeness (QED) is 0.546. The monoisotopic (exact) mass is 365 g/mol. The van der Waals surface area contributed by atoms with Gasteiger partial charge in [0.1, 0.15) is 0 Å². The fourth-order valence-corrected chi connectivity index (χ4v) is 2.42. The van der Waals surface area contributed by atoms with Crippen molar-refractivity contribution in [3.63, 3.8) is 0 Å². The van der Waals surface area contributed by atoms with Crippen LogP contribution in [0.1, 0.15) is 36.0 Å². The van der Waals surface area contributed by atoms with E-state index in [0.29, 0.717) is 36.9 Å². The average molecular weight is 365 g/mol. The molecule has 0 radical (unpaired) electrons. The first-order chi connectivity index (χ1) is 12.4. The fourth-order valence-electron chi connectivity index (χ4n) is 2.42. The highest BCUT2D eigenvalue weighted by atomic mass is 19.2. The van der Waals surface area contributed by atoms with Crippen LogP contribution in [0.3, 0.4) is 0 Å². The maximum absolute atomic E-state index is 13.3. The number of unbranched alkanes of at least 4 members (excludes halogenated alkanes) is 2. The van der Waals surface area contributed by atoms with Crippen LogP contribution in [0.15, 0.2) is 36.4 Å². The molecule has 0 saturated heterocycles. The molecule has 0 fully saturated rings. The van der Waals surface area contributed by atoms with E-state index in [4.69, 9.17) is 5.11 Å². The number of carbonyl (C=O) groups excluding carboxylic acids is 1. The van der Waals surface area contributed by atoms with Crippen LogP contribution in [-0.4, -0.2) is 23.5 Å². The molecule has 0 saturated carbocycles. The second kappa shape index (κ2) is 9.03. The van der Waals surface area contributed by atoms with Crippen molar-refractivity contribution < 1.29 is 27.9 Å². The lowest BCUT2D eigenvalue weighted by Crippen LogP contribution is -2.24. The minimum atomic E-state index is -1.52. The predicted octanol–water partition coefficient (Wildman–Crippen LogP) is 4.15. The van der Waals surface area contributed by atoms with Gasteiger partial charge in [0.2, 0.25) is 0 Å². The van der Waals surface area contributed by atoms with Crippen LogP contribution in [0.25, 0.3) is 11.1 Å². The van der Waals surface area contributed by atoms with E-state index in [-0.39, 0.29) is 17.9 Å². The SMILES string of the molecule is O=C(O)CCCCCNC(=O)c1ccc(-c2cc(F)c(F)c(F)c2)cc1. The molecular weight excluding hydrogens is 347 g/mol. The summed E-state index contributed by atoms with van der Waals surface area (Å²) in [5.74, 6) is -5.20. The van der Waals surface area contributed by atoms with Crippen molar-refractivity contribution in [1.29, 1.82) is 0 Å². The predicted molar refractivity (Wildman–Crippen MR) is 90.2 cm³/mol. The number of aliphatic carboxylic acids is 1. The summed E-state index contributed by atoms with van der Waals surface area (Å²) >= 11 is 0. The lowest BCUT2D eigenvalue weighted by molar-refractivity contribution is -0.137. The molecule has 0 unspecified atom stereocenters. The van der Waals surface area contributed by atoms with E-state index in [2.05, 4.69) is 5.32 Å². The van der Waals surface area contributed by atoms with Gasteiger partial charge in [-0.3, -0.25) is 9.59 Å². The molecule has 2 rings (SSSR count). The Balaban J connectivity index is 1.90. The van der Waals surface area contributed by atoms with E-state index in [1.165, 1.54) is 24.3 Å². The summed E-state index contributed by atoms with van der Waals surface area (Å²) in [6.07, 6.45) is 2.04. The van der Waals surface area contributed by atoms with Gasteiger partial charge < -0.3 is 10.4 Å². The number of carboxylic acids is 1. The molecule has 0 aliphatic carbocycles. The molecule has 2 aromatic rings. The van der Waals surface area contributed by atoms with Crippen LogP contribution in [-0.2, 0) is 4.79 Å². The number of carboxylic acid groups (broad SMARTS) is 1. The lowest BCUT2D eigenvalue weighted by atomic mass is 10.0. The smallest absolute Gasteiger partial charge is 0.303 e. The molecule has 0 spiro atoms. The van der Waals surface area contributed by atoms with Crippen molar-refractivity contribution in [1.82, 2.24) is 5.32 Å². The Labute approximate surface area is 148 Å². The summed E-state index contributed by atoms with van der Waals surface area (Å²) in [5, 5.41) is 11.2. The van der Waals surface area contributed by atoms with Gasteiger partial charge in [0.15, 0.2) is 17.5 Å². The topological polar surface area (TPSA) is 66.4 Å². The zero-order valence-corrected chi connectivity index (χ0v) is 13.9. The van der Waals surface area contributed by atoms with E-state index < -0.39 is 23.4 Å². The first-order valence-electron chi connectivity index (χ1n) is 8.13. The molecule has 4 nitrogen and oxygen atoms in total.